The highest BCUT2D eigenvalue weighted by Gasteiger charge is 2.40. The second-order valence-electron chi connectivity index (χ2n) is 13.7. The average Bonchev–Trinajstić information content (AvgIpc) is 3.20. The van der Waals surface area contributed by atoms with E-state index in [9.17, 15) is 24.5 Å². The van der Waals surface area contributed by atoms with Crippen LogP contribution in [-0.4, -0.2) is 43.0 Å². The quantitative estimate of drug-likeness (QED) is 0.0516. The molecule has 5 aromatic rings. The molecule has 0 spiro atoms. The van der Waals surface area contributed by atoms with Crippen molar-refractivity contribution >= 4 is 63.6 Å². The summed E-state index contributed by atoms with van der Waals surface area (Å²) < 4.78 is 12.3. The fourth-order valence-corrected chi connectivity index (χ4v) is 8.64. The maximum atomic E-state index is 14.4. The van der Waals surface area contributed by atoms with Gasteiger partial charge in [0.2, 0.25) is 0 Å². The number of hydrogen-bond donors (Lipinski definition) is 1. The highest BCUT2D eigenvalue weighted by molar-refractivity contribution is 14.1. The Labute approximate surface area is 330 Å². The summed E-state index contributed by atoms with van der Waals surface area (Å²) in [6.45, 7) is 1.92. The summed E-state index contributed by atoms with van der Waals surface area (Å²) in [5, 5.41) is 13.4. The van der Waals surface area contributed by atoms with Gasteiger partial charge in [0.15, 0.2) is 11.5 Å². The fourth-order valence-electron chi connectivity index (χ4n) is 7.86. The van der Waals surface area contributed by atoms with Crippen molar-refractivity contribution in [2.45, 2.75) is 31.3 Å². The molecule has 12 heteroatoms. The lowest BCUT2D eigenvalue weighted by atomic mass is 9.76. The van der Waals surface area contributed by atoms with Crippen LogP contribution in [0.1, 0.15) is 58.1 Å². The van der Waals surface area contributed by atoms with E-state index in [4.69, 9.17) is 9.47 Å². The number of imide groups is 2. The van der Waals surface area contributed by atoms with E-state index >= 15 is 0 Å². The van der Waals surface area contributed by atoms with Crippen molar-refractivity contribution in [3.05, 3.63) is 162 Å². The first-order chi connectivity index (χ1) is 26.7. The van der Waals surface area contributed by atoms with Crippen LogP contribution in [0.4, 0.5) is 21.9 Å². The molecule has 1 saturated heterocycles. The zero-order valence-electron chi connectivity index (χ0n) is 29.7. The lowest BCUT2D eigenvalue weighted by Crippen LogP contribution is -2.54. The van der Waals surface area contributed by atoms with Gasteiger partial charge in [-0.05, 0) is 111 Å². The van der Waals surface area contributed by atoms with Crippen LogP contribution in [0, 0.1) is 13.7 Å². The predicted molar refractivity (Wildman–Crippen MR) is 217 cm³/mol. The molecule has 3 aliphatic heterocycles. The molecule has 0 aliphatic carbocycles. The molecule has 1 N–H and O–H groups in total. The third-order valence-corrected chi connectivity index (χ3v) is 11.3. The molecule has 0 aromatic heterocycles. The Balaban J connectivity index is 1.16. The van der Waals surface area contributed by atoms with Crippen molar-refractivity contribution in [2.75, 3.05) is 30.0 Å². The summed E-state index contributed by atoms with van der Waals surface area (Å²) in [4.78, 5) is 55.5. The Morgan fingerprint density at radius 2 is 1.45 bits per heavy atom. The number of carbonyl (C=O) groups is 3. The van der Waals surface area contributed by atoms with Crippen LogP contribution in [0.25, 0.3) is 6.08 Å². The number of urea groups is 1. The second-order valence-corrected chi connectivity index (χ2v) is 14.8. The van der Waals surface area contributed by atoms with E-state index < -0.39 is 22.8 Å². The van der Waals surface area contributed by atoms with E-state index in [1.807, 2.05) is 48.5 Å². The lowest BCUT2D eigenvalue weighted by Gasteiger charge is -2.44. The van der Waals surface area contributed by atoms with Crippen LogP contribution in [0.5, 0.6) is 11.5 Å². The molecule has 2 atom stereocenters. The first kappa shape index (κ1) is 36.0. The third-order valence-electron chi connectivity index (χ3n) is 10.5. The molecule has 4 amide bonds. The largest absolute Gasteiger partial charge is 0.493 e. The first-order valence-corrected chi connectivity index (χ1v) is 19.0. The van der Waals surface area contributed by atoms with Crippen LogP contribution in [0.3, 0.4) is 0 Å². The molecule has 1 fully saturated rings. The number of anilines is 2. The van der Waals surface area contributed by atoms with E-state index in [2.05, 4.69) is 57.1 Å². The van der Waals surface area contributed by atoms with Crippen molar-refractivity contribution < 1.29 is 28.8 Å². The highest BCUT2D eigenvalue weighted by Crippen LogP contribution is 2.50. The zero-order valence-corrected chi connectivity index (χ0v) is 31.9. The first-order valence-electron chi connectivity index (χ1n) is 17.9. The highest BCUT2D eigenvalue weighted by atomic mass is 127. The van der Waals surface area contributed by atoms with Crippen LogP contribution < -0.4 is 24.6 Å². The van der Waals surface area contributed by atoms with E-state index in [0.717, 1.165) is 64.3 Å². The summed E-state index contributed by atoms with van der Waals surface area (Å²) in [7, 11) is 1.48. The lowest BCUT2D eigenvalue weighted by molar-refractivity contribution is -0.384. The molecule has 5 aromatic carbocycles. The summed E-state index contributed by atoms with van der Waals surface area (Å²) in [6, 6.07) is 33.1. The molecule has 276 valence electrons. The molecule has 55 heavy (non-hydrogen) atoms. The van der Waals surface area contributed by atoms with Crippen molar-refractivity contribution in [3.8, 4) is 11.5 Å². The Morgan fingerprint density at radius 1 is 0.855 bits per heavy atom. The van der Waals surface area contributed by atoms with Gasteiger partial charge in [-0.3, -0.25) is 25.0 Å². The van der Waals surface area contributed by atoms with Crippen LogP contribution in [-0.2, 0) is 16.2 Å². The van der Waals surface area contributed by atoms with Gasteiger partial charge in [-0.1, -0.05) is 60.7 Å². The van der Waals surface area contributed by atoms with Crippen molar-refractivity contribution in [2.24, 2.45) is 0 Å². The minimum atomic E-state index is -0.808. The number of rotatable bonds is 9. The molecule has 0 unspecified atom stereocenters. The van der Waals surface area contributed by atoms with Gasteiger partial charge in [-0.2, -0.15) is 0 Å². The number of halogens is 1. The molecular weight excluding hydrogens is 811 g/mol. The van der Waals surface area contributed by atoms with E-state index in [1.54, 1.807) is 24.3 Å². The number of nitro benzene ring substituents is 1. The summed E-state index contributed by atoms with van der Waals surface area (Å²) in [5.41, 5.74) is 6.98. The monoisotopic (exact) mass is 846 g/mol. The SMILES string of the molecule is COc1cc(/C=C2\C(=O)NC(=O)N(c3cc4c5c(c3)[C@H](c3ccccc3)CCN5CC[C@@H]4c3ccccc3)C2=O)cc(I)c1OCc1ccc([N+](=O)[O-])cc1. The Bertz CT molecular complexity index is 2290. The summed E-state index contributed by atoms with van der Waals surface area (Å²) in [6.07, 6.45) is 3.22. The second kappa shape index (κ2) is 15.0. The van der Waals surface area contributed by atoms with Gasteiger partial charge >= 0.3 is 6.03 Å². The number of methoxy groups -OCH3 is 1. The number of nitrogens with one attached hydrogen (secondary N) is 1. The minimum absolute atomic E-state index is 0.0181. The number of amides is 4. The molecule has 0 bridgehead atoms. The maximum Gasteiger partial charge on any atom is 0.335 e. The number of nitro groups is 1. The average molecular weight is 847 g/mol. The number of barbiturate groups is 1. The smallest absolute Gasteiger partial charge is 0.335 e. The number of non-ortho nitro benzene ring substituents is 1. The number of nitrogens with zero attached hydrogens (tertiary/aromatic N) is 3. The number of benzene rings is 5. The summed E-state index contributed by atoms with van der Waals surface area (Å²) in [5.74, 6) is -0.642. The van der Waals surface area contributed by atoms with Crippen LogP contribution in [0.15, 0.2) is 115 Å². The Kier molecular flexibility index (Phi) is 9.82. The van der Waals surface area contributed by atoms with Gasteiger partial charge < -0.3 is 14.4 Å². The minimum Gasteiger partial charge on any atom is -0.493 e. The molecule has 3 aliphatic rings. The molecular formula is C43H35IN4O7. The Hall–Kier alpha value is -6.02. The fraction of sp³-hybridized carbons (Fsp3) is 0.186. The molecule has 8 rings (SSSR count). The van der Waals surface area contributed by atoms with Gasteiger partial charge in [0, 0.05) is 42.7 Å². The van der Waals surface area contributed by atoms with Crippen molar-refractivity contribution in [1.82, 2.24) is 5.32 Å². The normalized spacial score (nSPS) is 18.5. The van der Waals surface area contributed by atoms with Crippen molar-refractivity contribution in [3.63, 3.8) is 0 Å². The van der Waals surface area contributed by atoms with Gasteiger partial charge in [-0.15, -0.1) is 0 Å². The topological polar surface area (TPSA) is 131 Å². The summed E-state index contributed by atoms with van der Waals surface area (Å²) >= 11 is 2.08. The molecule has 0 radical (unpaired) electrons. The van der Waals surface area contributed by atoms with E-state index in [0.29, 0.717) is 26.3 Å². The van der Waals surface area contributed by atoms with Crippen molar-refractivity contribution in [1.29, 1.82) is 0 Å². The number of ether oxygens (including phenoxy) is 2. The maximum absolute atomic E-state index is 14.4. The van der Waals surface area contributed by atoms with Gasteiger partial charge in [0.05, 0.1) is 21.3 Å². The van der Waals surface area contributed by atoms with Gasteiger partial charge in [-0.25, -0.2) is 9.69 Å². The molecule has 11 nitrogen and oxygen atoms in total. The number of hydrogen-bond acceptors (Lipinski definition) is 8. The van der Waals surface area contributed by atoms with E-state index in [1.165, 1.54) is 25.3 Å². The molecule has 3 heterocycles. The number of carbonyl (C=O) groups excluding carboxylic acids is 3. The predicted octanol–water partition coefficient (Wildman–Crippen LogP) is 8.33. The standard InChI is InChI=1S/C43H35IN4O7/c1-54-38-22-27(21-37(44)40(38)55-25-26-12-14-30(15-13-26)48(52)53)20-36-41(49)45-43(51)47(42(36)50)31-23-34-32(28-8-4-2-5-9-28)16-18-46-19-17-33(35(24-31)39(34)46)29-10-6-3-7-11-29/h2-15,20-24,32-33H,16-19,25H2,1H3,(H,45,49,51)/b36-20+/t32-,33+. The van der Waals surface area contributed by atoms with E-state index in [-0.39, 0.29) is 29.7 Å². The van der Waals surface area contributed by atoms with Gasteiger partial charge in [0.1, 0.15) is 12.2 Å². The third kappa shape index (κ3) is 6.93. The Morgan fingerprint density at radius 3 is 2.02 bits per heavy atom. The molecule has 0 saturated carbocycles. The van der Waals surface area contributed by atoms with Crippen LogP contribution in [0.2, 0.25) is 0 Å². The zero-order chi connectivity index (χ0) is 38.2. The van der Waals surface area contributed by atoms with Crippen LogP contribution >= 0.6 is 22.6 Å². The van der Waals surface area contributed by atoms with Gasteiger partial charge in [0.25, 0.3) is 17.5 Å².